The van der Waals surface area contributed by atoms with Crippen LogP contribution in [0.5, 0.6) is 0 Å². The van der Waals surface area contributed by atoms with Crippen LogP contribution in [0.4, 0.5) is 9.59 Å². The predicted molar refractivity (Wildman–Crippen MR) is 36.6 cm³/mol. The standard InChI is InChI=1S/C2H3O8P.Ca.2H/c3-1(4)9-11(7,8)10-2(5)6;;;/h(H,3,4)(H,5,6)(H,7,8);;;. The minimum absolute atomic E-state index is 0. The predicted octanol–water partition coefficient (Wildman–Crippen LogP) is -0.440. The van der Waals surface area contributed by atoms with Crippen LogP contribution in [-0.2, 0) is 13.6 Å². The van der Waals surface area contributed by atoms with Crippen LogP contribution in [0, 0.1) is 0 Å². The van der Waals surface area contributed by atoms with Crippen molar-refractivity contribution < 1.29 is 38.3 Å². The molecule has 0 aromatic carbocycles. The van der Waals surface area contributed by atoms with E-state index in [0.717, 1.165) is 0 Å². The third-order valence-electron chi connectivity index (χ3n) is 0.387. The van der Waals surface area contributed by atoms with Crippen LogP contribution in [0.15, 0.2) is 0 Å². The Bertz CT molecular complexity index is 203. The van der Waals surface area contributed by atoms with Gasteiger partial charge in [-0.25, -0.2) is 14.2 Å². The van der Waals surface area contributed by atoms with Crippen molar-refractivity contribution in [2.75, 3.05) is 0 Å². The fraction of sp³-hybridized carbons (Fsp3) is 0. The first-order valence-electron chi connectivity index (χ1n) is 2.01. The van der Waals surface area contributed by atoms with Gasteiger partial charge in [-0.3, -0.25) is 4.89 Å². The fourth-order valence-electron chi connectivity index (χ4n) is 0.216. The van der Waals surface area contributed by atoms with E-state index in [4.69, 9.17) is 15.1 Å². The van der Waals surface area contributed by atoms with E-state index in [9.17, 15) is 14.2 Å². The maximum atomic E-state index is 10.2. The van der Waals surface area contributed by atoms with Crippen molar-refractivity contribution in [3.63, 3.8) is 0 Å². The molecule has 0 fully saturated rings. The summed E-state index contributed by atoms with van der Waals surface area (Å²) in [5.74, 6) is 0. The van der Waals surface area contributed by atoms with Gasteiger partial charge >= 0.3 is 57.9 Å². The summed E-state index contributed by atoms with van der Waals surface area (Å²) in [6.45, 7) is 0. The molecule has 0 rings (SSSR count). The van der Waals surface area contributed by atoms with Crippen molar-refractivity contribution in [2.24, 2.45) is 0 Å². The van der Waals surface area contributed by atoms with E-state index in [-0.39, 0.29) is 37.7 Å². The van der Waals surface area contributed by atoms with Gasteiger partial charge in [-0.2, -0.15) is 0 Å². The average Bonchev–Trinajstić information content (AvgIpc) is 1.53. The summed E-state index contributed by atoms with van der Waals surface area (Å²) in [5, 5.41) is 15.5. The normalized spacial score (nSPS) is 9.42. The van der Waals surface area contributed by atoms with Gasteiger partial charge in [-0.1, -0.05) is 0 Å². The van der Waals surface area contributed by atoms with Crippen molar-refractivity contribution in [3.8, 4) is 0 Å². The van der Waals surface area contributed by atoms with Gasteiger partial charge in [-0.05, 0) is 0 Å². The van der Waals surface area contributed by atoms with Crippen molar-refractivity contribution in [3.05, 3.63) is 0 Å². The first-order valence-corrected chi connectivity index (χ1v) is 3.51. The van der Waals surface area contributed by atoms with Crippen LogP contribution in [0.25, 0.3) is 0 Å². The van der Waals surface area contributed by atoms with E-state index < -0.39 is 20.1 Å². The second kappa shape index (κ2) is 5.60. The van der Waals surface area contributed by atoms with Crippen molar-refractivity contribution in [1.82, 2.24) is 0 Å². The molecule has 0 spiro atoms. The molecular formula is C2H5CaO8P. The molecule has 0 unspecified atom stereocenters. The van der Waals surface area contributed by atoms with Gasteiger partial charge in [0.05, 0.1) is 0 Å². The Morgan fingerprint density at radius 3 is 1.50 bits per heavy atom. The molecule has 0 saturated carbocycles. The number of carbonyl (C=O) groups is 2. The van der Waals surface area contributed by atoms with Gasteiger partial charge in [0.2, 0.25) is 0 Å². The van der Waals surface area contributed by atoms with Crippen LogP contribution in [-0.4, -0.2) is 65.2 Å². The quantitative estimate of drug-likeness (QED) is 0.428. The molecule has 0 aliphatic rings. The Hall–Kier alpha value is -0.0103. The zero-order valence-corrected chi connectivity index (χ0v) is 5.72. The van der Waals surface area contributed by atoms with Crippen LogP contribution in [0.3, 0.4) is 0 Å². The van der Waals surface area contributed by atoms with Crippen LogP contribution in [0.1, 0.15) is 0 Å². The van der Waals surface area contributed by atoms with E-state index in [1.165, 1.54) is 0 Å². The first kappa shape index (κ1) is 14.5. The van der Waals surface area contributed by atoms with Crippen molar-refractivity contribution in [1.29, 1.82) is 0 Å². The van der Waals surface area contributed by atoms with E-state index >= 15 is 0 Å². The zero-order valence-electron chi connectivity index (χ0n) is 4.83. The van der Waals surface area contributed by atoms with Gasteiger partial charge in [-0.15, -0.1) is 0 Å². The van der Waals surface area contributed by atoms with Crippen LogP contribution < -0.4 is 0 Å². The Labute approximate surface area is 95.7 Å². The van der Waals surface area contributed by atoms with E-state index in [1.54, 1.807) is 0 Å². The number of phosphoric ester groups is 1. The third kappa shape index (κ3) is 8.09. The molecule has 0 amide bonds. The molecule has 0 aliphatic heterocycles. The first-order chi connectivity index (χ1) is 4.83. The number of rotatable bonds is 2. The molecule has 0 bridgehead atoms. The van der Waals surface area contributed by atoms with Gasteiger partial charge in [0.1, 0.15) is 0 Å². The molecule has 10 heteroatoms. The third-order valence-corrected chi connectivity index (χ3v) is 1.16. The molecule has 0 aliphatic carbocycles. The van der Waals surface area contributed by atoms with Gasteiger partial charge in [0.15, 0.2) is 0 Å². The molecule has 0 atom stereocenters. The topological polar surface area (TPSA) is 130 Å². The Morgan fingerprint density at radius 1 is 1.08 bits per heavy atom. The molecule has 0 aromatic rings. The molecule has 0 heterocycles. The van der Waals surface area contributed by atoms with Crippen molar-refractivity contribution in [2.45, 2.75) is 0 Å². The van der Waals surface area contributed by atoms with Gasteiger partial charge in [0, 0.05) is 0 Å². The van der Waals surface area contributed by atoms with Crippen molar-refractivity contribution >= 4 is 57.9 Å². The van der Waals surface area contributed by atoms with E-state index in [2.05, 4.69) is 9.05 Å². The number of carboxylic acid groups (broad SMARTS) is 2. The molecule has 0 aromatic heterocycles. The van der Waals surface area contributed by atoms with Crippen LogP contribution in [0.2, 0.25) is 0 Å². The molecular weight excluding hydrogens is 223 g/mol. The minimum atomic E-state index is -5.00. The molecule has 68 valence electrons. The van der Waals surface area contributed by atoms with Crippen LogP contribution >= 0.6 is 7.82 Å². The Balaban J connectivity index is 0. The zero-order chi connectivity index (χ0) is 9.07. The number of hydrogen-bond acceptors (Lipinski definition) is 5. The second-order valence-corrected chi connectivity index (χ2v) is 2.49. The maximum absolute atomic E-state index is 10.2. The SMILES string of the molecule is O=C(O)OP(=O)(O)OC(=O)O.[CaH2]. The van der Waals surface area contributed by atoms with E-state index in [1.807, 2.05) is 0 Å². The van der Waals surface area contributed by atoms with E-state index in [0.29, 0.717) is 0 Å². The summed E-state index contributed by atoms with van der Waals surface area (Å²) in [7, 11) is -5.00. The Morgan fingerprint density at radius 2 is 1.33 bits per heavy atom. The summed E-state index contributed by atoms with van der Waals surface area (Å²) in [5.41, 5.74) is 0. The molecule has 0 radical (unpaired) electrons. The van der Waals surface area contributed by atoms with Gasteiger partial charge < -0.3 is 19.3 Å². The molecule has 0 saturated heterocycles. The summed E-state index contributed by atoms with van der Waals surface area (Å²) < 4.78 is 16.5. The monoisotopic (exact) mass is 228 g/mol. The Kier molecular flexibility index (Phi) is 6.78. The summed E-state index contributed by atoms with van der Waals surface area (Å²) in [4.78, 5) is 27.3. The second-order valence-electron chi connectivity index (χ2n) is 1.18. The number of phosphoric acid groups is 1. The summed E-state index contributed by atoms with van der Waals surface area (Å²) in [6, 6.07) is 0. The fourth-order valence-corrected chi connectivity index (χ4v) is 0.648. The molecule has 3 N–H and O–H groups in total. The summed E-state index contributed by atoms with van der Waals surface area (Å²) >= 11 is 0. The number of hydrogen-bond donors (Lipinski definition) is 3. The molecule has 8 nitrogen and oxygen atoms in total. The average molecular weight is 228 g/mol. The molecule has 12 heavy (non-hydrogen) atoms. The van der Waals surface area contributed by atoms with Gasteiger partial charge in [0.25, 0.3) is 0 Å². The summed E-state index contributed by atoms with van der Waals surface area (Å²) in [6.07, 6.45) is -4.20.